The second-order valence-electron chi connectivity index (χ2n) is 7.59. The van der Waals surface area contributed by atoms with Gasteiger partial charge in [-0.25, -0.2) is 0 Å². The van der Waals surface area contributed by atoms with Crippen molar-refractivity contribution in [2.45, 2.75) is 6.04 Å². The van der Waals surface area contributed by atoms with Crippen LogP contribution in [0.3, 0.4) is 0 Å². The number of benzene rings is 2. The van der Waals surface area contributed by atoms with Crippen molar-refractivity contribution in [1.29, 1.82) is 0 Å². The lowest BCUT2D eigenvalue weighted by molar-refractivity contribution is 0.127. The number of hydrogen-bond acceptors (Lipinski definition) is 5. The summed E-state index contributed by atoms with van der Waals surface area (Å²) in [6.45, 7) is 4.12. The lowest BCUT2D eigenvalue weighted by Gasteiger charge is -2.39. The molecule has 0 N–H and O–H groups in total. The fourth-order valence-electron chi connectivity index (χ4n) is 4.12. The van der Waals surface area contributed by atoms with Crippen molar-refractivity contribution in [1.82, 2.24) is 9.80 Å². The minimum atomic E-state index is -3.51. The first kappa shape index (κ1) is 19.3. The molecule has 1 heterocycles. The fourth-order valence-corrected chi connectivity index (χ4v) is 4.46. The van der Waals surface area contributed by atoms with Gasteiger partial charge in [-0.3, -0.25) is 9.08 Å². The fraction of sp³-hybridized carbons (Fsp3) is 0.364. The van der Waals surface area contributed by atoms with Crippen molar-refractivity contribution in [3.8, 4) is 0 Å². The summed E-state index contributed by atoms with van der Waals surface area (Å²) in [5.74, 6) is 0. The predicted octanol–water partition coefficient (Wildman–Crippen LogP) is 2.85. The van der Waals surface area contributed by atoms with E-state index in [9.17, 15) is 8.42 Å². The van der Waals surface area contributed by atoms with Crippen LogP contribution in [0.15, 0.2) is 48.5 Å². The third kappa shape index (κ3) is 4.05. The van der Waals surface area contributed by atoms with Gasteiger partial charge in [-0.05, 0) is 41.0 Å². The number of hydrogen-bond donors (Lipinski definition) is 0. The van der Waals surface area contributed by atoms with Gasteiger partial charge in [0.15, 0.2) is 0 Å². The molecule has 2 aliphatic rings. The molecule has 1 unspecified atom stereocenters. The van der Waals surface area contributed by atoms with E-state index in [4.69, 9.17) is 4.18 Å². The van der Waals surface area contributed by atoms with Gasteiger partial charge in [-0.15, -0.1) is 0 Å². The molecule has 0 bridgehead atoms. The Hall–Kier alpha value is -1.99. The molecule has 4 rings (SSSR count). The van der Waals surface area contributed by atoms with E-state index in [0.717, 1.165) is 49.1 Å². The van der Waals surface area contributed by atoms with Crippen LogP contribution >= 0.6 is 0 Å². The van der Waals surface area contributed by atoms with Gasteiger partial charge < -0.3 is 4.90 Å². The van der Waals surface area contributed by atoms with Crippen LogP contribution in [0.5, 0.6) is 0 Å². The van der Waals surface area contributed by atoms with Gasteiger partial charge in [0.05, 0.1) is 18.9 Å². The van der Waals surface area contributed by atoms with Crippen molar-refractivity contribution in [3.63, 3.8) is 0 Å². The molecule has 0 radical (unpaired) electrons. The predicted molar refractivity (Wildman–Crippen MR) is 112 cm³/mol. The van der Waals surface area contributed by atoms with Gasteiger partial charge in [0.25, 0.3) is 10.1 Å². The summed E-state index contributed by atoms with van der Waals surface area (Å²) < 4.78 is 28.4. The monoisotopic (exact) mass is 398 g/mol. The Labute approximate surface area is 167 Å². The van der Waals surface area contributed by atoms with Gasteiger partial charge in [-0.2, -0.15) is 8.42 Å². The molecule has 1 fully saturated rings. The molecule has 0 spiro atoms. The zero-order valence-electron chi connectivity index (χ0n) is 16.3. The highest BCUT2D eigenvalue weighted by molar-refractivity contribution is 7.86. The Morgan fingerprint density at radius 3 is 2.32 bits per heavy atom. The van der Waals surface area contributed by atoms with Gasteiger partial charge in [0, 0.05) is 26.2 Å². The van der Waals surface area contributed by atoms with Gasteiger partial charge in [-0.1, -0.05) is 48.5 Å². The van der Waals surface area contributed by atoms with E-state index in [-0.39, 0.29) is 12.6 Å². The normalized spacial score (nSPS) is 20.8. The third-order valence-electron chi connectivity index (χ3n) is 5.55. The average molecular weight is 399 g/mol. The van der Waals surface area contributed by atoms with E-state index in [1.54, 1.807) is 0 Å². The van der Waals surface area contributed by atoms with Crippen molar-refractivity contribution >= 4 is 21.8 Å². The van der Waals surface area contributed by atoms with Crippen LogP contribution in [-0.4, -0.2) is 64.3 Å². The standard InChI is InChI=1S/C22H26N2O3S/c1-23-11-13-24(14-12-23)22-20-9-4-3-7-17(20)15-18(16-27-28(2,25)26)19-8-5-6-10-21(19)22/h3-10,15,22H,11-14,16H2,1-2H3. The van der Waals surface area contributed by atoms with Crippen LogP contribution in [0.25, 0.3) is 11.6 Å². The Kier molecular flexibility index (Phi) is 5.38. The first-order chi connectivity index (χ1) is 13.4. The van der Waals surface area contributed by atoms with E-state index >= 15 is 0 Å². The molecular formula is C22H26N2O3S. The van der Waals surface area contributed by atoms with Crippen LogP contribution in [0, 0.1) is 0 Å². The number of nitrogens with zero attached hydrogens (tertiary/aromatic N) is 2. The molecule has 1 aliphatic carbocycles. The zero-order valence-corrected chi connectivity index (χ0v) is 17.2. The van der Waals surface area contributed by atoms with Crippen LogP contribution in [-0.2, 0) is 14.3 Å². The summed E-state index contributed by atoms with van der Waals surface area (Å²) in [5.41, 5.74) is 5.54. The largest absolute Gasteiger partial charge is 0.304 e. The Balaban J connectivity index is 1.82. The second-order valence-corrected chi connectivity index (χ2v) is 9.24. The van der Waals surface area contributed by atoms with E-state index in [1.807, 2.05) is 12.1 Å². The molecule has 1 saturated heterocycles. The Bertz CT molecular complexity index is 992. The first-order valence-electron chi connectivity index (χ1n) is 9.58. The smallest absolute Gasteiger partial charge is 0.264 e. The molecule has 0 amide bonds. The maximum absolute atomic E-state index is 11.6. The van der Waals surface area contributed by atoms with Crippen LogP contribution in [0.2, 0.25) is 0 Å². The maximum Gasteiger partial charge on any atom is 0.264 e. The Morgan fingerprint density at radius 2 is 1.61 bits per heavy atom. The lowest BCUT2D eigenvalue weighted by Crippen LogP contribution is -2.46. The van der Waals surface area contributed by atoms with E-state index in [0.29, 0.717) is 0 Å². The topological polar surface area (TPSA) is 49.9 Å². The minimum absolute atomic E-state index is 0.0413. The van der Waals surface area contributed by atoms with Gasteiger partial charge >= 0.3 is 0 Å². The van der Waals surface area contributed by atoms with Crippen molar-refractivity contribution in [2.75, 3.05) is 46.1 Å². The summed E-state index contributed by atoms with van der Waals surface area (Å²) in [5, 5.41) is 0. The number of likely N-dealkylation sites (N-methyl/N-ethyl adjacent to an activating group) is 1. The molecule has 148 valence electrons. The van der Waals surface area contributed by atoms with E-state index < -0.39 is 10.1 Å². The highest BCUT2D eigenvalue weighted by Crippen LogP contribution is 2.40. The summed E-state index contributed by atoms with van der Waals surface area (Å²) in [6, 6.07) is 16.8. The lowest BCUT2D eigenvalue weighted by atomic mass is 9.91. The quantitative estimate of drug-likeness (QED) is 0.742. The third-order valence-corrected chi connectivity index (χ3v) is 6.10. The second kappa shape index (κ2) is 7.79. The SMILES string of the molecule is CN1CCN(C2c3ccccc3C=C(COS(C)(=O)=O)c3ccccc32)CC1. The summed E-state index contributed by atoms with van der Waals surface area (Å²) >= 11 is 0. The van der Waals surface area contributed by atoms with Gasteiger partial charge in [0.2, 0.25) is 0 Å². The molecule has 1 atom stereocenters. The molecule has 6 heteroatoms. The Morgan fingerprint density at radius 1 is 0.964 bits per heavy atom. The minimum Gasteiger partial charge on any atom is -0.304 e. The molecule has 1 aliphatic heterocycles. The van der Waals surface area contributed by atoms with E-state index in [2.05, 4.69) is 59.3 Å². The molecule has 28 heavy (non-hydrogen) atoms. The molecular weight excluding hydrogens is 372 g/mol. The van der Waals surface area contributed by atoms with Crippen molar-refractivity contribution in [2.24, 2.45) is 0 Å². The highest BCUT2D eigenvalue weighted by atomic mass is 32.2. The first-order valence-corrected chi connectivity index (χ1v) is 11.4. The summed E-state index contributed by atoms with van der Waals surface area (Å²) in [4.78, 5) is 4.89. The van der Waals surface area contributed by atoms with Crippen molar-refractivity contribution in [3.05, 3.63) is 70.8 Å². The number of fused-ring (bicyclic) bond motifs is 2. The molecule has 0 saturated carbocycles. The van der Waals surface area contributed by atoms with Crippen LogP contribution < -0.4 is 0 Å². The summed E-state index contributed by atoms with van der Waals surface area (Å²) in [6.07, 6.45) is 3.17. The van der Waals surface area contributed by atoms with Crippen molar-refractivity contribution < 1.29 is 12.6 Å². The average Bonchev–Trinajstić information content (AvgIpc) is 2.81. The molecule has 0 aromatic heterocycles. The molecule has 2 aromatic carbocycles. The number of piperazine rings is 1. The van der Waals surface area contributed by atoms with Gasteiger partial charge in [0.1, 0.15) is 0 Å². The zero-order chi connectivity index (χ0) is 19.7. The highest BCUT2D eigenvalue weighted by Gasteiger charge is 2.30. The van der Waals surface area contributed by atoms with E-state index in [1.165, 1.54) is 11.1 Å². The van der Waals surface area contributed by atoms with Crippen LogP contribution in [0.1, 0.15) is 28.3 Å². The van der Waals surface area contributed by atoms with Crippen LogP contribution in [0.4, 0.5) is 0 Å². The molecule has 2 aromatic rings. The maximum atomic E-state index is 11.6. The number of rotatable bonds is 4. The summed E-state index contributed by atoms with van der Waals surface area (Å²) in [7, 11) is -1.35. The molecule has 5 nitrogen and oxygen atoms in total.